The zero-order valence-electron chi connectivity index (χ0n) is 12.0. The van der Waals surface area contributed by atoms with Crippen LogP contribution in [0.2, 0.25) is 0 Å². The molecule has 1 aliphatic heterocycles. The van der Waals surface area contributed by atoms with E-state index in [1.165, 1.54) is 27.7 Å². The van der Waals surface area contributed by atoms with Crippen molar-refractivity contribution in [3.63, 3.8) is 0 Å². The summed E-state index contributed by atoms with van der Waals surface area (Å²) in [5.41, 5.74) is 0.449. The van der Waals surface area contributed by atoms with E-state index < -0.39 is 0 Å². The first-order valence-electron chi connectivity index (χ1n) is 6.86. The van der Waals surface area contributed by atoms with Crippen LogP contribution in [0.25, 0.3) is 0 Å². The van der Waals surface area contributed by atoms with Gasteiger partial charge in [-0.05, 0) is 50.0 Å². The highest BCUT2D eigenvalue weighted by molar-refractivity contribution is 7.99. The molecule has 0 amide bonds. The van der Waals surface area contributed by atoms with Gasteiger partial charge in [0.15, 0.2) is 0 Å². The Morgan fingerprint density at radius 1 is 1.44 bits per heavy atom. The average Bonchev–Trinajstić information content (AvgIpc) is 2.67. The van der Waals surface area contributed by atoms with Crippen molar-refractivity contribution >= 4 is 23.1 Å². The number of hydrogen-bond acceptors (Lipinski definition) is 3. The van der Waals surface area contributed by atoms with Gasteiger partial charge in [0.05, 0.1) is 0 Å². The van der Waals surface area contributed by atoms with Crippen LogP contribution in [0.15, 0.2) is 12.1 Å². The Bertz CT molecular complexity index is 384. The molecule has 2 atom stereocenters. The van der Waals surface area contributed by atoms with Gasteiger partial charge in [-0.25, -0.2) is 0 Å². The van der Waals surface area contributed by atoms with E-state index >= 15 is 0 Å². The van der Waals surface area contributed by atoms with Crippen molar-refractivity contribution in [1.82, 2.24) is 5.32 Å². The number of thioether (sulfide) groups is 1. The second-order valence-corrected chi connectivity index (χ2v) is 8.67. The van der Waals surface area contributed by atoms with E-state index in [9.17, 15) is 0 Å². The molecule has 0 radical (unpaired) electrons. The summed E-state index contributed by atoms with van der Waals surface area (Å²) in [7, 11) is 0. The molecule has 0 bridgehead atoms. The van der Waals surface area contributed by atoms with Crippen LogP contribution in [-0.2, 0) is 6.42 Å². The smallest absolute Gasteiger partial charge is 0.0212 e. The van der Waals surface area contributed by atoms with Crippen LogP contribution < -0.4 is 5.32 Å². The molecule has 1 nitrogen and oxygen atoms in total. The van der Waals surface area contributed by atoms with Gasteiger partial charge in [0, 0.05) is 27.6 Å². The van der Waals surface area contributed by atoms with Gasteiger partial charge in [0.1, 0.15) is 0 Å². The lowest BCUT2D eigenvalue weighted by Gasteiger charge is -2.40. The largest absolute Gasteiger partial charge is 0.310 e. The monoisotopic (exact) mass is 283 g/mol. The minimum atomic E-state index is 0.449. The molecule has 2 heterocycles. The Balaban J connectivity index is 1.88. The molecule has 0 aromatic carbocycles. The molecule has 0 aliphatic carbocycles. The van der Waals surface area contributed by atoms with E-state index in [-0.39, 0.29) is 0 Å². The quantitative estimate of drug-likeness (QED) is 0.892. The summed E-state index contributed by atoms with van der Waals surface area (Å²) in [4.78, 5) is 2.93. The van der Waals surface area contributed by atoms with E-state index in [0.29, 0.717) is 17.5 Å². The lowest BCUT2D eigenvalue weighted by molar-refractivity contribution is 0.231. The summed E-state index contributed by atoms with van der Waals surface area (Å²) in [6.45, 7) is 9.33. The number of thiophene rings is 1. The van der Waals surface area contributed by atoms with Crippen molar-refractivity contribution < 1.29 is 0 Å². The molecule has 0 spiro atoms. The van der Waals surface area contributed by atoms with Gasteiger partial charge in [0.25, 0.3) is 0 Å². The summed E-state index contributed by atoms with van der Waals surface area (Å²) < 4.78 is 0. The fourth-order valence-electron chi connectivity index (χ4n) is 2.51. The van der Waals surface area contributed by atoms with Gasteiger partial charge in [-0.3, -0.25) is 0 Å². The van der Waals surface area contributed by atoms with E-state index in [1.807, 2.05) is 11.3 Å². The summed E-state index contributed by atoms with van der Waals surface area (Å²) in [6, 6.07) is 5.74. The molecule has 0 saturated carbocycles. The Labute approximate surface area is 120 Å². The van der Waals surface area contributed by atoms with E-state index in [4.69, 9.17) is 0 Å². The Morgan fingerprint density at radius 2 is 2.22 bits per heavy atom. The van der Waals surface area contributed by atoms with Crippen molar-refractivity contribution in [1.29, 1.82) is 0 Å². The fourth-order valence-corrected chi connectivity index (χ4v) is 5.15. The molecule has 18 heavy (non-hydrogen) atoms. The fraction of sp³-hybridized carbons (Fsp3) is 0.733. The van der Waals surface area contributed by atoms with Crippen LogP contribution in [0, 0.1) is 12.3 Å². The van der Waals surface area contributed by atoms with E-state index in [1.54, 1.807) is 0 Å². The van der Waals surface area contributed by atoms with Crippen molar-refractivity contribution in [3.8, 4) is 0 Å². The minimum absolute atomic E-state index is 0.449. The molecule has 102 valence electrons. The number of nitrogens with one attached hydrogen (secondary N) is 1. The second kappa shape index (κ2) is 5.98. The first kappa shape index (κ1) is 14.4. The van der Waals surface area contributed by atoms with Crippen LogP contribution in [0.1, 0.15) is 36.9 Å². The predicted molar refractivity (Wildman–Crippen MR) is 84.9 cm³/mol. The topological polar surface area (TPSA) is 12.0 Å². The zero-order valence-corrected chi connectivity index (χ0v) is 13.6. The third-order valence-electron chi connectivity index (χ3n) is 3.91. The first-order valence-corrected chi connectivity index (χ1v) is 8.83. The molecule has 3 heteroatoms. The summed E-state index contributed by atoms with van der Waals surface area (Å²) in [6.07, 6.45) is 2.50. The van der Waals surface area contributed by atoms with Gasteiger partial charge in [-0.2, -0.15) is 11.8 Å². The molecule has 1 aromatic rings. The van der Waals surface area contributed by atoms with E-state index in [0.717, 1.165) is 6.42 Å². The Hall–Kier alpha value is 0.01000. The third kappa shape index (κ3) is 3.75. The Morgan fingerprint density at radius 3 is 2.83 bits per heavy atom. The minimum Gasteiger partial charge on any atom is -0.310 e. The van der Waals surface area contributed by atoms with Crippen molar-refractivity contribution in [2.24, 2.45) is 5.41 Å². The maximum absolute atomic E-state index is 3.85. The van der Waals surface area contributed by atoms with Gasteiger partial charge >= 0.3 is 0 Å². The standard InChI is InChI=1S/C15H25NS2/c1-11(9-13-6-5-12(2)18-13)16-14-10-17-8-7-15(14,3)4/h5-6,11,14,16H,7-10H2,1-4H3. The van der Waals surface area contributed by atoms with Crippen molar-refractivity contribution in [3.05, 3.63) is 21.9 Å². The molecule has 1 saturated heterocycles. The number of rotatable bonds is 4. The highest BCUT2D eigenvalue weighted by atomic mass is 32.2. The number of hydrogen-bond donors (Lipinski definition) is 1. The van der Waals surface area contributed by atoms with Crippen LogP contribution in [-0.4, -0.2) is 23.6 Å². The van der Waals surface area contributed by atoms with Crippen LogP contribution in [0.4, 0.5) is 0 Å². The van der Waals surface area contributed by atoms with Crippen molar-refractivity contribution in [2.45, 2.75) is 52.6 Å². The average molecular weight is 284 g/mol. The third-order valence-corrected chi connectivity index (χ3v) is 5.99. The highest BCUT2D eigenvalue weighted by Gasteiger charge is 2.33. The Kier molecular flexibility index (Phi) is 4.79. The van der Waals surface area contributed by atoms with Crippen LogP contribution in [0.3, 0.4) is 0 Å². The molecule has 2 unspecified atom stereocenters. The SMILES string of the molecule is Cc1ccc(CC(C)NC2CSCCC2(C)C)s1. The lowest BCUT2D eigenvalue weighted by atomic mass is 9.82. The summed E-state index contributed by atoms with van der Waals surface area (Å²) in [5, 5.41) is 3.85. The highest BCUT2D eigenvalue weighted by Crippen LogP contribution is 2.34. The van der Waals surface area contributed by atoms with Crippen LogP contribution >= 0.6 is 23.1 Å². The normalized spacial score (nSPS) is 25.0. The molecule has 1 fully saturated rings. The molecule has 2 rings (SSSR count). The molecular formula is C15H25NS2. The van der Waals surface area contributed by atoms with Gasteiger partial charge in [0.2, 0.25) is 0 Å². The first-order chi connectivity index (χ1) is 8.47. The maximum Gasteiger partial charge on any atom is 0.0212 e. The molecule has 1 N–H and O–H groups in total. The summed E-state index contributed by atoms with van der Waals surface area (Å²) >= 11 is 4.03. The molecule has 1 aromatic heterocycles. The maximum atomic E-state index is 3.85. The molecule has 1 aliphatic rings. The van der Waals surface area contributed by atoms with Gasteiger partial charge in [-0.15, -0.1) is 11.3 Å². The van der Waals surface area contributed by atoms with Crippen LogP contribution in [0.5, 0.6) is 0 Å². The predicted octanol–water partition coefficient (Wildman–Crippen LogP) is 4.11. The number of aryl methyl sites for hydroxylation is 1. The van der Waals surface area contributed by atoms with Gasteiger partial charge in [-0.1, -0.05) is 13.8 Å². The summed E-state index contributed by atoms with van der Waals surface area (Å²) in [5.74, 6) is 2.59. The van der Waals surface area contributed by atoms with E-state index in [2.05, 4.69) is 56.9 Å². The zero-order chi connectivity index (χ0) is 13.2. The molecular weight excluding hydrogens is 258 g/mol. The van der Waals surface area contributed by atoms with Gasteiger partial charge < -0.3 is 5.32 Å². The van der Waals surface area contributed by atoms with Crippen molar-refractivity contribution in [2.75, 3.05) is 11.5 Å². The lowest BCUT2D eigenvalue weighted by Crippen LogP contribution is -2.50. The second-order valence-electron chi connectivity index (χ2n) is 6.15.